The normalized spacial score (nSPS) is 27.2. The van der Waals surface area contributed by atoms with E-state index in [1.54, 1.807) is 6.20 Å². The van der Waals surface area contributed by atoms with Crippen LogP contribution in [0.4, 0.5) is 0 Å². The Morgan fingerprint density at radius 3 is 2.94 bits per heavy atom. The van der Waals surface area contributed by atoms with Gasteiger partial charge in [-0.3, -0.25) is 9.48 Å². The molecule has 1 aromatic rings. The third-order valence-corrected chi connectivity index (χ3v) is 4.00. The van der Waals surface area contributed by atoms with E-state index in [2.05, 4.69) is 5.10 Å². The van der Waals surface area contributed by atoms with Crippen molar-refractivity contribution in [1.29, 1.82) is 0 Å². The fourth-order valence-electron chi connectivity index (χ4n) is 2.93. The number of aromatic nitrogens is 2. The molecule has 0 radical (unpaired) electrons. The molecule has 2 saturated heterocycles. The number of hydrogen-bond acceptors (Lipinski definition) is 4. The molecule has 3 heterocycles. The number of ether oxygens (including phenoxy) is 2. The van der Waals surface area contributed by atoms with E-state index in [9.17, 15) is 4.79 Å². The Morgan fingerprint density at radius 2 is 2.22 bits per heavy atom. The largest absolute Gasteiger partial charge is 0.381 e. The molecule has 2 aliphatic rings. The van der Waals surface area contributed by atoms with Gasteiger partial charge in [0.25, 0.3) is 0 Å². The van der Waals surface area contributed by atoms with Crippen molar-refractivity contribution in [3.63, 3.8) is 0 Å². The number of carbonyl (C=O) groups excluding carboxylic acids is 1. The zero-order chi connectivity index (χ0) is 12.4. The molecule has 98 valence electrons. The van der Waals surface area contributed by atoms with Gasteiger partial charge in [-0.1, -0.05) is 0 Å². The topological polar surface area (TPSA) is 53.4 Å². The summed E-state index contributed by atoms with van der Waals surface area (Å²) in [6, 6.07) is 0.338. The van der Waals surface area contributed by atoms with Crippen LogP contribution in [-0.2, 0) is 9.47 Å². The summed E-state index contributed by atoms with van der Waals surface area (Å²) in [6.45, 7) is 2.33. The molecule has 5 nitrogen and oxygen atoms in total. The van der Waals surface area contributed by atoms with Gasteiger partial charge in [-0.05, 0) is 25.7 Å². The van der Waals surface area contributed by atoms with E-state index >= 15 is 0 Å². The first kappa shape index (κ1) is 11.9. The van der Waals surface area contributed by atoms with Gasteiger partial charge in [0.2, 0.25) is 0 Å². The van der Waals surface area contributed by atoms with Crippen LogP contribution < -0.4 is 0 Å². The minimum absolute atomic E-state index is 0.0333. The number of rotatable bonds is 2. The molecule has 0 aliphatic carbocycles. The van der Waals surface area contributed by atoms with Gasteiger partial charge in [0, 0.05) is 26.0 Å². The number of hydrogen-bond donors (Lipinski definition) is 0. The highest BCUT2D eigenvalue weighted by molar-refractivity contribution is 5.73. The van der Waals surface area contributed by atoms with Crippen LogP contribution in [0.15, 0.2) is 12.4 Å². The average molecular weight is 250 g/mol. The quantitative estimate of drug-likeness (QED) is 0.748. The molecule has 0 saturated carbocycles. The van der Waals surface area contributed by atoms with Crippen molar-refractivity contribution in [2.75, 3.05) is 19.8 Å². The highest BCUT2D eigenvalue weighted by atomic mass is 16.5. The monoisotopic (exact) mass is 250 g/mol. The van der Waals surface area contributed by atoms with Crippen LogP contribution in [0.2, 0.25) is 0 Å². The minimum atomic E-state index is -0.0333. The Morgan fingerprint density at radius 1 is 1.39 bits per heavy atom. The van der Waals surface area contributed by atoms with Gasteiger partial charge in [0.1, 0.15) is 0 Å². The lowest BCUT2D eigenvalue weighted by molar-refractivity contribution is -0.145. The smallest absolute Gasteiger partial charge is 0.153 e. The van der Waals surface area contributed by atoms with Crippen LogP contribution in [0.3, 0.4) is 0 Å². The number of carbonyl (C=O) groups is 1. The third kappa shape index (κ3) is 2.20. The molecule has 0 amide bonds. The summed E-state index contributed by atoms with van der Waals surface area (Å²) in [4.78, 5) is 10.7. The molecule has 2 aliphatic heterocycles. The van der Waals surface area contributed by atoms with E-state index < -0.39 is 0 Å². The molecule has 1 aromatic heterocycles. The van der Waals surface area contributed by atoms with Crippen LogP contribution in [-0.4, -0.2) is 41.5 Å². The van der Waals surface area contributed by atoms with E-state index in [1.807, 2.05) is 10.9 Å². The van der Waals surface area contributed by atoms with E-state index in [1.165, 1.54) is 0 Å². The van der Waals surface area contributed by atoms with Crippen molar-refractivity contribution in [3.05, 3.63) is 18.0 Å². The van der Waals surface area contributed by atoms with Gasteiger partial charge in [-0.2, -0.15) is 5.10 Å². The molecule has 0 N–H and O–H groups in total. The molecule has 1 unspecified atom stereocenters. The molecule has 0 bridgehead atoms. The molecular formula is C13H18N2O3. The van der Waals surface area contributed by atoms with Crippen molar-refractivity contribution in [3.8, 4) is 0 Å². The predicted octanol–water partition coefficient (Wildman–Crippen LogP) is 1.60. The number of nitrogens with zero attached hydrogens (tertiary/aromatic N) is 2. The fourth-order valence-corrected chi connectivity index (χ4v) is 2.93. The van der Waals surface area contributed by atoms with Crippen LogP contribution >= 0.6 is 0 Å². The Hall–Kier alpha value is -1.20. The standard InChI is InChI=1S/C13H18N2O3/c16-10-11-8-14-15(9-11)12-1-4-18-13(7-12)2-5-17-6-3-13/h8-10,12H,1-7H2. The van der Waals surface area contributed by atoms with Crippen molar-refractivity contribution < 1.29 is 14.3 Å². The van der Waals surface area contributed by atoms with Gasteiger partial charge < -0.3 is 9.47 Å². The zero-order valence-electron chi connectivity index (χ0n) is 10.4. The zero-order valence-corrected chi connectivity index (χ0v) is 10.4. The maximum Gasteiger partial charge on any atom is 0.153 e. The summed E-state index contributed by atoms with van der Waals surface area (Å²) in [5, 5.41) is 4.29. The van der Waals surface area contributed by atoms with Crippen LogP contribution in [0.25, 0.3) is 0 Å². The lowest BCUT2D eigenvalue weighted by Gasteiger charge is -2.43. The Kier molecular flexibility index (Phi) is 3.18. The SMILES string of the molecule is O=Cc1cnn(C2CCOC3(CCOCC3)C2)c1. The van der Waals surface area contributed by atoms with Crippen LogP contribution in [0.5, 0.6) is 0 Å². The second-order valence-electron chi connectivity index (χ2n) is 5.16. The van der Waals surface area contributed by atoms with E-state index in [0.29, 0.717) is 11.6 Å². The first-order chi connectivity index (χ1) is 8.81. The van der Waals surface area contributed by atoms with E-state index in [0.717, 1.165) is 51.8 Å². The molecular weight excluding hydrogens is 232 g/mol. The number of aldehydes is 1. The summed E-state index contributed by atoms with van der Waals surface area (Å²) in [7, 11) is 0. The summed E-state index contributed by atoms with van der Waals surface area (Å²) in [6.07, 6.45) is 8.15. The maximum atomic E-state index is 10.7. The highest BCUT2D eigenvalue weighted by Crippen LogP contribution is 2.38. The molecule has 5 heteroatoms. The van der Waals surface area contributed by atoms with Crippen molar-refractivity contribution in [1.82, 2.24) is 9.78 Å². The first-order valence-electron chi connectivity index (χ1n) is 6.52. The average Bonchev–Trinajstić information content (AvgIpc) is 2.88. The van der Waals surface area contributed by atoms with E-state index in [-0.39, 0.29) is 5.60 Å². The van der Waals surface area contributed by atoms with Crippen LogP contribution in [0.1, 0.15) is 42.1 Å². The summed E-state index contributed by atoms with van der Waals surface area (Å²) in [5.41, 5.74) is 0.608. The van der Waals surface area contributed by atoms with Gasteiger partial charge in [-0.25, -0.2) is 0 Å². The van der Waals surface area contributed by atoms with Gasteiger partial charge in [0.05, 0.1) is 23.4 Å². The second kappa shape index (κ2) is 4.82. The second-order valence-corrected chi connectivity index (χ2v) is 5.16. The fraction of sp³-hybridized carbons (Fsp3) is 0.692. The molecule has 2 fully saturated rings. The molecule has 3 rings (SSSR count). The maximum absolute atomic E-state index is 10.7. The van der Waals surface area contributed by atoms with Crippen molar-refractivity contribution >= 4 is 6.29 Å². The molecule has 1 spiro atoms. The van der Waals surface area contributed by atoms with Crippen molar-refractivity contribution in [2.45, 2.75) is 37.3 Å². The molecule has 1 atom stereocenters. The Bertz CT molecular complexity index is 418. The van der Waals surface area contributed by atoms with E-state index in [4.69, 9.17) is 9.47 Å². The van der Waals surface area contributed by atoms with Crippen molar-refractivity contribution in [2.24, 2.45) is 0 Å². The predicted molar refractivity (Wildman–Crippen MR) is 64.6 cm³/mol. The summed E-state index contributed by atoms with van der Waals surface area (Å²) in [5.74, 6) is 0. The molecule has 18 heavy (non-hydrogen) atoms. The lowest BCUT2D eigenvalue weighted by Crippen LogP contribution is -2.44. The van der Waals surface area contributed by atoms with Crippen LogP contribution in [0, 0.1) is 0 Å². The summed E-state index contributed by atoms with van der Waals surface area (Å²) < 4.78 is 13.3. The van der Waals surface area contributed by atoms with Gasteiger partial charge >= 0.3 is 0 Å². The highest BCUT2D eigenvalue weighted by Gasteiger charge is 2.39. The Labute approximate surface area is 106 Å². The first-order valence-corrected chi connectivity index (χ1v) is 6.52. The lowest BCUT2D eigenvalue weighted by atomic mass is 9.84. The van der Waals surface area contributed by atoms with Gasteiger partial charge in [-0.15, -0.1) is 0 Å². The third-order valence-electron chi connectivity index (χ3n) is 4.00. The minimum Gasteiger partial charge on any atom is -0.381 e. The van der Waals surface area contributed by atoms with Gasteiger partial charge in [0.15, 0.2) is 6.29 Å². The molecule has 0 aromatic carbocycles. The Balaban J connectivity index is 1.75. The summed E-state index contributed by atoms with van der Waals surface area (Å²) >= 11 is 0.